The molecule has 1 aromatic rings. The average molecular weight is 381 g/mol. The van der Waals surface area contributed by atoms with Crippen LogP contribution in [0.15, 0.2) is 4.52 Å². The summed E-state index contributed by atoms with van der Waals surface area (Å²) in [6.45, 7) is 0.818. The third-order valence-corrected chi connectivity index (χ3v) is 7.87. The number of amides is 1. The molecule has 1 saturated heterocycles. The van der Waals surface area contributed by atoms with Gasteiger partial charge in [0.15, 0.2) is 5.69 Å². The number of aromatic nitrogens is 1. The zero-order valence-electron chi connectivity index (χ0n) is 15.1. The van der Waals surface area contributed by atoms with Gasteiger partial charge >= 0.3 is 0 Å². The van der Waals surface area contributed by atoms with E-state index in [0.717, 1.165) is 62.7 Å². The van der Waals surface area contributed by atoms with Gasteiger partial charge in [-0.3, -0.25) is 4.79 Å². The maximum atomic E-state index is 12.9. The fourth-order valence-electron chi connectivity index (χ4n) is 4.45. The zero-order chi connectivity index (χ0) is 18.1. The van der Waals surface area contributed by atoms with Crippen molar-refractivity contribution >= 4 is 15.9 Å². The smallest absolute Gasteiger partial charge is 0.276 e. The number of sulfonamides is 1. The minimum absolute atomic E-state index is 0.0636. The van der Waals surface area contributed by atoms with Crippen LogP contribution in [0.25, 0.3) is 0 Å². The number of piperidine rings is 1. The van der Waals surface area contributed by atoms with Gasteiger partial charge in [0.25, 0.3) is 5.91 Å². The molecule has 0 aromatic carbocycles. The molecule has 1 saturated carbocycles. The molecule has 26 heavy (non-hydrogen) atoms. The lowest BCUT2D eigenvalue weighted by Crippen LogP contribution is -2.50. The summed E-state index contributed by atoms with van der Waals surface area (Å²) in [5.74, 6) is 0.640. The Morgan fingerprint density at radius 1 is 1.08 bits per heavy atom. The van der Waals surface area contributed by atoms with Crippen molar-refractivity contribution in [3.05, 3.63) is 17.0 Å². The zero-order valence-corrected chi connectivity index (χ0v) is 15.9. The van der Waals surface area contributed by atoms with E-state index < -0.39 is 15.3 Å². The van der Waals surface area contributed by atoms with Crippen molar-refractivity contribution in [2.45, 2.75) is 75.5 Å². The molecule has 1 atom stereocenters. The van der Waals surface area contributed by atoms with Gasteiger partial charge in [-0.1, -0.05) is 18.0 Å². The van der Waals surface area contributed by atoms with E-state index in [9.17, 15) is 13.2 Å². The van der Waals surface area contributed by atoms with E-state index in [2.05, 4.69) is 9.88 Å². The number of carbonyl (C=O) groups excluding carboxylic acids is 1. The molecule has 0 spiro atoms. The largest absolute Gasteiger partial charge is 0.360 e. The predicted molar refractivity (Wildman–Crippen MR) is 96.4 cm³/mol. The molecule has 2 fully saturated rings. The van der Waals surface area contributed by atoms with Gasteiger partial charge in [0.2, 0.25) is 10.0 Å². The third kappa shape index (κ3) is 3.53. The Kier molecular flexibility index (Phi) is 5.05. The van der Waals surface area contributed by atoms with Gasteiger partial charge in [-0.05, 0) is 44.9 Å². The first-order chi connectivity index (χ1) is 12.5. The first-order valence-corrected chi connectivity index (χ1v) is 11.4. The van der Waals surface area contributed by atoms with E-state index in [1.807, 2.05) is 0 Å². The molecule has 2 aliphatic carbocycles. The van der Waals surface area contributed by atoms with E-state index in [1.165, 1.54) is 0 Å². The van der Waals surface area contributed by atoms with E-state index in [-0.39, 0.29) is 18.5 Å². The Balaban J connectivity index is 1.46. The highest BCUT2D eigenvalue weighted by Gasteiger charge is 2.36. The van der Waals surface area contributed by atoms with Crippen LogP contribution in [0.3, 0.4) is 0 Å². The summed E-state index contributed by atoms with van der Waals surface area (Å²) < 4.78 is 33.7. The van der Waals surface area contributed by atoms with Gasteiger partial charge in [0, 0.05) is 31.1 Å². The van der Waals surface area contributed by atoms with Crippen molar-refractivity contribution in [2.75, 3.05) is 13.1 Å². The molecule has 0 unspecified atom stereocenters. The molecule has 0 radical (unpaired) electrons. The molecule has 4 rings (SSSR count). The number of fused-ring (bicyclic) bond motifs is 1. The standard InChI is InChI=1S/C18H27N3O4S/c22-18(17-15-9-3-4-10-16(15)25-19-17)21-11-5-8-14(12-21)26(23,24)20-13-6-1-2-7-13/h13-14,20H,1-12H2/t14-/m0/s1. The van der Waals surface area contributed by atoms with Crippen LogP contribution in [-0.2, 0) is 22.9 Å². The Morgan fingerprint density at radius 2 is 1.85 bits per heavy atom. The maximum Gasteiger partial charge on any atom is 0.276 e. The average Bonchev–Trinajstić information content (AvgIpc) is 3.30. The molecule has 1 aliphatic heterocycles. The van der Waals surface area contributed by atoms with E-state index in [4.69, 9.17) is 4.52 Å². The van der Waals surface area contributed by atoms with Gasteiger partial charge in [-0.2, -0.15) is 0 Å². The van der Waals surface area contributed by atoms with Crippen molar-refractivity contribution in [1.82, 2.24) is 14.8 Å². The summed E-state index contributed by atoms with van der Waals surface area (Å²) in [4.78, 5) is 14.6. The lowest BCUT2D eigenvalue weighted by molar-refractivity contribution is 0.0715. The topological polar surface area (TPSA) is 92.5 Å². The van der Waals surface area contributed by atoms with Gasteiger partial charge in [-0.15, -0.1) is 0 Å². The van der Waals surface area contributed by atoms with Crippen LogP contribution in [0, 0.1) is 0 Å². The number of carbonyl (C=O) groups is 1. The molecule has 3 aliphatic rings. The molecular weight excluding hydrogens is 354 g/mol. The lowest BCUT2D eigenvalue weighted by atomic mass is 9.96. The number of nitrogens with zero attached hydrogens (tertiary/aromatic N) is 2. The number of aryl methyl sites for hydroxylation is 1. The second-order valence-corrected chi connectivity index (χ2v) is 9.79. The van der Waals surface area contributed by atoms with Crippen LogP contribution in [0.4, 0.5) is 0 Å². The molecule has 144 valence electrons. The number of rotatable bonds is 4. The van der Waals surface area contributed by atoms with Crippen LogP contribution in [0.1, 0.15) is 73.2 Å². The van der Waals surface area contributed by atoms with Crippen LogP contribution in [-0.4, -0.2) is 48.8 Å². The monoisotopic (exact) mass is 381 g/mol. The number of likely N-dealkylation sites (tertiary alicyclic amines) is 1. The maximum absolute atomic E-state index is 12.9. The lowest BCUT2D eigenvalue weighted by Gasteiger charge is -2.32. The normalized spacial score (nSPS) is 24.6. The summed E-state index contributed by atoms with van der Waals surface area (Å²) in [5.41, 5.74) is 1.32. The van der Waals surface area contributed by atoms with Crippen molar-refractivity contribution < 1.29 is 17.7 Å². The van der Waals surface area contributed by atoms with Gasteiger partial charge in [0.1, 0.15) is 5.76 Å². The van der Waals surface area contributed by atoms with Gasteiger partial charge < -0.3 is 9.42 Å². The molecule has 8 heteroatoms. The highest BCUT2D eigenvalue weighted by Crippen LogP contribution is 2.27. The summed E-state index contributed by atoms with van der Waals surface area (Å²) in [5, 5.41) is 3.47. The molecule has 1 amide bonds. The van der Waals surface area contributed by atoms with Crippen molar-refractivity contribution in [3.8, 4) is 0 Å². The van der Waals surface area contributed by atoms with E-state index in [1.54, 1.807) is 4.90 Å². The minimum Gasteiger partial charge on any atom is -0.360 e. The second kappa shape index (κ2) is 7.31. The van der Waals surface area contributed by atoms with Crippen LogP contribution in [0.2, 0.25) is 0 Å². The molecule has 2 heterocycles. The highest BCUT2D eigenvalue weighted by molar-refractivity contribution is 7.90. The van der Waals surface area contributed by atoms with Crippen LogP contribution >= 0.6 is 0 Å². The summed E-state index contributed by atoms with van der Waals surface area (Å²) in [7, 11) is -3.41. The number of hydrogen-bond donors (Lipinski definition) is 1. The third-order valence-electron chi connectivity index (χ3n) is 5.94. The van der Waals surface area contributed by atoms with Crippen LogP contribution < -0.4 is 4.72 Å². The summed E-state index contributed by atoms with van der Waals surface area (Å²) in [6.07, 6.45) is 9.05. The van der Waals surface area contributed by atoms with E-state index >= 15 is 0 Å². The summed E-state index contributed by atoms with van der Waals surface area (Å²) >= 11 is 0. The first kappa shape index (κ1) is 18.0. The van der Waals surface area contributed by atoms with E-state index in [0.29, 0.717) is 25.1 Å². The Labute approximate surface area is 154 Å². The Morgan fingerprint density at radius 3 is 2.65 bits per heavy atom. The number of nitrogens with one attached hydrogen (secondary N) is 1. The first-order valence-electron chi connectivity index (χ1n) is 9.82. The molecule has 1 N–H and O–H groups in total. The van der Waals surface area contributed by atoms with Crippen molar-refractivity contribution in [3.63, 3.8) is 0 Å². The van der Waals surface area contributed by atoms with Crippen molar-refractivity contribution in [2.24, 2.45) is 0 Å². The predicted octanol–water partition coefficient (Wildman–Crippen LogP) is 2.02. The number of hydrogen-bond acceptors (Lipinski definition) is 5. The molecule has 7 nitrogen and oxygen atoms in total. The summed E-state index contributed by atoms with van der Waals surface area (Å²) in [6, 6.07) is 0.0636. The Bertz CT molecular complexity index is 767. The fourth-order valence-corrected chi connectivity index (χ4v) is 6.20. The molecule has 1 aromatic heterocycles. The highest BCUT2D eigenvalue weighted by atomic mass is 32.2. The molecular formula is C18H27N3O4S. The van der Waals surface area contributed by atoms with Crippen LogP contribution in [0.5, 0.6) is 0 Å². The fraction of sp³-hybridized carbons (Fsp3) is 0.778. The van der Waals surface area contributed by atoms with Gasteiger partial charge in [0.05, 0.1) is 5.25 Å². The van der Waals surface area contributed by atoms with Crippen molar-refractivity contribution in [1.29, 1.82) is 0 Å². The SMILES string of the molecule is O=C(c1noc2c1CCCC2)N1CCC[C@H](S(=O)(=O)NC2CCCC2)C1. The minimum atomic E-state index is -3.41. The molecule has 0 bridgehead atoms. The second-order valence-electron chi connectivity index (χ2n) is 7.80. The quantitative estimate of drug-likeness (QED) is 0.861. The van der Waals surface area contributed by atoms with Gasteiger partial charge in [-0.25, -0.2) is 13.1 Å². The Hall–Kier alpha value is -1.41.